The molecule has 25 heavy (non-hydrogen) atoms. The number of fused-ring (bicyclic) bond motifs is 1. The van der Waals surface area contributed by atoms with Crippen LogP contribution in [0.2, 0.25) is 0 Å². The molecule has 126 valence electrons. The van der Waals surface area contributed by atoms with Crippen LogP contribution in [-0.2, 0) is 11.2 Å². The highest BCUT2D eigenvalue weighted by Gasteiger charge is 2.12. The lowest BCUT2D eigenvalue weighted by molar-refractivity contribution is 0.0597. The van der Waals surface area contributed by atoms with Crippen LogP contribution in [0.5, 0.6) is 5.75 Å². The van der Waals surface area contributed by atoms with E-state index in [0.717, 1.165) is 41.6 Å². The largest absolute Gasteiger partial charge is 0.496 e. The Morgan fingerprint density at radius 2 is 2.08 bits per heavy atom. The van der Waals surface area contributed by atoms with E-state index in [9.17, 15) is 4.79 Å². The number of allylic oxidation sites excluding steroid dienone is 1. The predicted octanol–water partition coefficient (Wildman–Crippen LogP) is 3.63. The Bertz CT molecular complexity index is 888. The fourth-order valence-electron chi connectivity index (χ4n) is 2.79. The van der Waals surface area contributed by atoms with E-state index >= 15 is 0 Å². The molecule has 4 heteroatoms. The van der Waals surface area contributed by atoms with Gasteiger partial charge in [-0.05, 0) is 43.5 Å². The van der Waals surface area contributed by atoms with Crippen LogP contribution in [0.3, 0.4) is 0 Å². The highest BCUT2D eigenvalue weighted by atomic mass is 16.5. The minimum Gasteiger partial charge on any atom is -0.496 e. The van der Waals surface area contributed by atoms with Crippen LogP contribution >= 0.6 is 0 Å². The molecule has 0 spiro atoms. The molecule has 0 unspecified atom stereocenters. The first-order chi connectivity index (χ1) is 12.2. The molecule has 1 heterocycles. The van der Waals surface area contributed by atoms with E-state index in [0.29, 0.717) is 11.3 Å². The maximum atomic E-state index is 11.7. The zero-order valence-electron chi connectivity index (χ0n) is 14.3. The highest BCUT2D eigenvalue weighted by molar-refractivity contribution is 5.92. The van der Waals surface area contributed by atoms with E-state index in [-0.39, 0.29) is 0 Å². The van der Waals surface area contributed by atoms with Crippen LogP contribution in [0.25, 0.3) is 6.08 Å². The van der Waals surface area contributed by atoms with Gasteiger partial charge >= 0.3 is 5.97 Å². The molecular formula is C21H19NO3. The summed E-state index contributed by atoms with van der Waals surface area (Å²) in [5.74, 6) is 6.39. The normalized spacial score (nSPS) is 12.4. The third-order valence-corrected chi connectivity index (χ3v) is 4.09. The number of carbonyl (C=O) groups is 1. The minimum absolute atomic E-state index is 0.385. The van der Waals surface area contributed by atoms with E-state index in [1.54, 1.807) is 18.2 Å². The number of carbonyl (C=O) groups excluding carboxylic acids is 1. The Kier molecular flexibility index (Phi) is 5.15. The predicted molar refractivity (Wildman–Crippen MR) is 96.5 cm³/mol. The van der Waals surface area contributed by atoms with Gasteiger partial charge in [0.1, 0.15) is 11.3 Å². The number of benzene rings is 1. The second-order valence-electron chi connectivity index (χ2n) is 5.67. The third-order valence-electron chi connectivity index (χ3n) is 4.09. The van der Waals surface area contributed by atoms with Gasteiger partial charge < -0.3 is 9.47 Å². The Morgan fingerprint density at radius 3 is 2.88 bits per heavy atom. The van der Waals surface area contributed by atoms with Crippen LogP contribution in [0.4, 0.5) is 0 Å². The maximum absolute atomic E-state index is 11.7. The van der Waals surface area contributed by atoms with Crippen molar-refractivity contribution in [3.05, 3.63) is 64.5 Å². The van der Waals surface area contributed by atoms with Gasteiger partial charge in [0.2, 0.25) is 0 Å². The summed E-state index contributed by atoms with van der Waals surface area (Å²) in [7, 11) is 2.87. The fraction of sp³-hybridized carbons (Fsp3) is 0.238. The van der Waals surface area contributed by atoms with Crippen molar-refractivity contribution in [2.24, 2.45) is 0 Å². The van der Waals surface area contributed by atoms with E-state index in [2.05, 4.69) is 29.0 Å². The molecule has 0 saturated carbocycles. The summed E-state index contributed by atoms with van der Waals surface area (Å²) in [5, 5.41) is 0. The topological polar surface area (TPSA) is 48.4 Å². The number of ether oxygens (including phenoxy) is 2. The minimum atomic E-state index is -0.430. The SMILES string of the molecule is COC(=O)c1ccc(C#Cc2ccnc3c2C=CCCC3)cc1OC. The van der Waals surface area contributed by atoms with Gasteiger partial charge in [0, 0.05) is 28.6 Å². The summed E-state index contributed by atoms with van der Waals surface area (Å²) in [6.45, 7) is 0. The number of hydrogen-bond acceptors (Lipinski definition) is 4. The van der Waals surface area contributed by atoms with Crippen molar-refractivity contribution >= 4 is 12.0 Å². The lowest BCUT2D eigenvalue weighted by Crippen LogP contribution is -2.04. The van der Waals surface area contributed by atoms with Crippen LogP contribution in [-0.4, -0.2) is 25.2 Å². The van der Waals surface area contributed by atoms with Crippen molar-refractivity contribution in [3.63, 3.8) is 0 Å². The zero-order chi connectivity index (χ0) is 17.6. The Hall–Kier alpha value is -3.06. The number of rotatable bonds is 2. The number of aromatic nitrogens is 1. The third kappa shape index (κ3) is 3.72. The number of nitrogens with zero attached hydrogens (tertiary/aromatic N) is 1. The molecule has 1 aliphatic rings. The van der Waals surface area contributed by atoms with Gasteiger partial charge in [0.05, 0.1) is 14.2 Å². The van der Waals surface area contributed by atoms with Crippen molar-refractivity contribution < 1.29 is 14.3 Å². The Balaban J connectivity index is 1.96. The second-order valence-corrected chi connectivity index (χ2v) is 5.67. The van der Waals surface area contributed by atoms with Crippen molar-refractivity contribution in [3.8, 4) is 17.6 Å². The average molecular weight is 333 g/mol. The highest BCUT2D eigenvalue weighted by Crippen LogP contribution is 2.22. The van der Waals surface area contributed by atoms with Gasteiger partial charge in [-0.15, -0.1) is 0 Å². The molecule has 1 aromatic heterocycles. The molecule has 1 aromatic carbocycles. The zero-order valence-corrected chi connectivity index (χ0v) is 14.3. The number of hydrogen-bond donors (Lipinski definition) is 0. The molecule has 0 fully saturated rings. The van der Waals surface area contributed by atoms with Gasteiger partial charge in [-0.25, -0.2) is 4.79 Å². The number of pyridine rings is 1. The van der Waals surface area contributed by atoms with E-state index < -0.39 is 5.97 Å². The molecule has 4 nitrogen and oxygen atoms in total. The van der Waals surface area contributed by atoms with E-state index in [4.69, 9.17) is 9.47 Å². The molecule has 0 amide bonds. The fourth-order valence-corrected chi connectivity index (χ4v) is 2.79. The van der Waals surface area contributed by atoms with Crippen LogP contribution in [0.1, 0.15) is 45.6 Å². The summed E-state index contributed by atoms with van der Waals surface area (Å²) in [5.41, 5.74) is 4.31. The smallest absolute Gasteiger partial charge is 0.341 e. The molecule has 2 aromatic rings. The van der Waals surface area contributed by atoms with Gasteiger partial charge in [-0.1, -0.05) is 24.0 Å². The molecular weight excluding hydrogens is 314 g/mol. The monoisotopic (exact) mass is 333 g/mol. The average Bonchev–Trinajstić information content (AvgIpc) is 2.91. The van der Waals surface area contributed by atoms with Crippen LogP contribution in [0, 0.1) is 11.8 Å². The van der Waals surface area contributed by atoms with Gasteiger partial charge in [-0.3, -0.25) is 4.98 Å². The lowest BCUT2D eigenvalue weighted by atomic mass is 10.0. The Labute approximate surface area is 147 Å². The molecule has 1 aliphatic carbocycles. The van der Waals surface area contributed by atoms with Gasteiger partial charge in [0.25, 0.3) is 0 Å². The van der Waals surface area contributed by atoms with Crippen LogP contribution < -0.4 is 4.74 Å². The molecule has 3 rings (SSSR count). The van der Waals surface area contributed by atoms with Crippen molar-refractivity contribution in [2.45, 2.75) is 19.3 Å². The van der Waals surface area contributed by atoms with Crippen molar-refractivity contribution in [1.29, 1.82) is 0 Å². The Morgan fingerprint density at radius 1 is 1.20 bits per heavy atom. The molecule has 0 atom stereocenters. The molecule has 0 N–H and O–H groups in total. The second kappa shape index (κ2) is 7.67. The first-order valence-electron chi connectivity index (χ1n) is 8.15. The maximum Gasteiger partial charge on any atom is 0.341 e. The summed E-state index contributed by atoms with van der Waals surface area (Å²) in [6, 6.07) is 7.13. The lowest BCUT2D eigenvalue weighted by Gasteiger charge is -2.07. The molecule has 0 aliphatic heterocycles. The van der Waals surface area contributed by atoms with Crippen molar-refractivity contribution in [2.75, 3.05) is 14.2 Å². The summed E-state index contributed by atoms with van der Waals surface area (Å²) in [6.07, 6.45) is 9.24. The summed E-state index contributed by atoms with van der Waals surface area (Å²) >= 11 is 0. The quantitative estimate of drug-likeness (QED) is 0.622. The first-order valence-corrected chi connectivity index (χ1v) is 8.15. The number of methoxy groups -OCH3 is 2. The van der Waals surface area contributed by atoms with Crippen LogP contribution in [0.15, 0.2) is 36.5 Å². The van der Waals surface area contributed by atoms with E-state index in [1.807, 2.05) is 12.3 Å². The number of aryl methyl sites for hydroxylation is 1. The summed E-state index contributed by atoms with van der Waals surface area (Å²) < 4.78 is 10.0. The molecule has 0 radical (unpaired) electrons. The van der Waals surface area contributed by atoms with Gasteiger partial charge in [-0.2, -0.15) is 0 Å². The molecule has 0 bridgehead atoms. The summed E-state index contributed by atoms with van der Waals surface area (Å²) in [4.78, 5) is 16.2. The first kappa shape index (κ1) is 16.8. The van der Waals surface area contributed by atoms with E-state index in [1.165, 1.54) is 14.2 Å². The standard InChI is InChI=1S/C21H19NO3/c1-24-20-14-15(9-11-18(20)21(23)25-2)8-10-16-12-13-22-19-7-5-3-4-6-17(16)19/h4,6,9,11-14H,3,5,7H2,1-2H3. The number of esters is 1. The van der Waals surface area contributed by atoms with Crippen molar-refractivity contribution in [1.82, 2.24) is 4.98 Å². The van der Waals surface area contributed by atoms with Gasteiger partial charge in [0.15, 0.2) is 0 Å². The molecule has 0 saturated heterocycles.